The molecule has 4 rings (SSSR count). The van der Waals surface area contributed by atoms with Crippen LogP contribution in [0.2, 0.25) is 0 Å². The average molecular weight is 377 g/mol. The van der Waals surface area contributed by atoms with Crippen molar-refractivity contribution in [1.82, 2.24) is 4.90 Å². The zero-order valence-electron chi connectivity index (χ0n) is 16.4. The number of nitrogens with one attached hydrogen (secondary N) is 1. The minimum absolute atomic E-state index is 0.114. The Morgan fingerprint density at radius 1 is 1.14 bits per heavy atom. The summed E-state index contributed by atoms with van der Waals surface area (Å²) in [6, 6.07) is 14.1. The number of carbonyl (C=O) groups excluding carboxylic acids is 1. The standard InChI is InChI=1S/C23H27N3O2/c1-2-25-12-14-26(15-13-25)21-6-4-3-5-20(21)24-23(27)10-8-18-7-9-22-19(17-18)11-16-28-22/h3-10,17H,2,11-16H2,1H3,(H,24,27)/b10-8+. The molecule has 0 atom stereocenters. The van der Waals surface area contributed by atoms with Crippen molar-refractivity contribution in [1.29, 1.82) is 0 Å². The minimum atomic E-state index is -0.114. The maximum absolute atomic E-state index is 12.5. The molecular weight excluding hydrogens is 350 g/mol. The van der Waals surface area contributed by atoms with Gasteiger partial charge in [-0.1, -0.05) is 25.1 Å². The highest BCUT2D eigenvalue weighted by Gasteiger charge is 2.18. The molecule has 2 aromatic rings. The quantitative estimate of drug-likeness (QED) is 0.811. The summed E-state index contributed by atoms with van der Waals surface area (Å²) in [7, 11) is 0. The molecule has 5 heteroatoms. The van der Waals surface area contributed by atoms with Crippen molar-refractivity contribution in [2.75, 3.05) is 49.5 Å². The number of benzene rings is 2. The van der Waals surface area contributed by atoms with Crippen LogP contribution in [0.25, 0.3) is 6.08 Å². The van der Waals surface area contributed by atoms with Crippen LogP contribution < -0.4 is 15.0 Å². The van der Waals surface area contributed by atoms with Gasteiger partial charge in [-0.15, -0.1) is 0 Å². The Bertz CT molecular complexity index is 870. The number of para-hydroxylation sites is 2. The number of likely N-dealkylation sites (N-methyl/N-ethyl adjacent to an activating group) is 1. The predicted octanol–water partition coefficient (Wildman–Crippen LogP) is 3.42. The van der Waals surface area contributed by atoms with E-state index in [-0.39, 0.29) is 5.91 Å². The van der Waals surface area contributed by atoms with E-state index < -0.39 is 0 Å². The second-order valence-electron chi connectivity index (χ2n) is 7.23. The number of fused-ring (bicyclic) bond motifs is 1. The first-order chi connectivity index (χ1) is 13.7. The Balaban J connectivity index is 1.42. The van der Waals surface area contributed by atoms with Crippen LogP contribution in [0.4, 0.5) is 11.4 Å². The van der Waals surface area contributed by atoms with Crippen molar-refractivity contribution in [2.24, 2.45) is 0 Å². The summed E-state index contributed by atoms with van der Waals surface area (Å²) >= 11 is 0. The Morgan fingerprint density at radius 3 is 2.79 bits per heavy atom. The molecule has 1 N–H and O–H groups in total. The summed E-state index contributed by atoms with van der Waals surface area (Å²) in [6.45, 7) is 8.10. The van der Waals surface area contributed by atoms with Crippen molar-refractivity contribution >= 4 is 23.4 Å². The van der Waals surface area contributed by atoms with E-state index in [0.29, 0.717) is 0 Å². The lowest BCUT2D eigenvalue weighted by Crippen LogP contribution is -2.46. The number of nitrogens with zero attached hydrogens (tertiary/aromatic N) is 2. The fourth-order valence-electron chi connectivity index (χ4n) is 3.82. The lowest BCUT2D eigenvalue weighted by molar-refractivity contribution is -0.111. The molecular formula is C23H27N3O2. The number of piperazine rings is 1. The predicted molar refractivity (Wildman–Crippen MR) is 114 cm³/mol. The van der Waals surface area contributed by atoms with E-state index in [0.717, 1.165) is 68.4 Å². The van der Waals surface area contributed by atoms with E-state index in [1.165, 1.54) is 5.56 Å². The molecule has 0 aliphatic carbocycles. The van der Waals surface area contributed by atoms with Crippen molar-refractivity contribution < 1.29 is 9.53 Å². The van der Waals surface area contributed by atoms with E-state index in [4.69, 9.17) is 4.74 Å². The van der Waals surface area contributed by atoms with E-state index in [1.54, 1.807) is 6.08 Å². The SMILES string of the molecule is CCN1CCN(c2ccccc2NC(=O)/C=C/c2ccc3c(c2)CCO3)CC1. The lowest BCUT2D eigenvalue weighted by Gasteiger charge is -2.36. The third kappa shape index (κ3) is 4.20. The monoisotopic (exact) mass is 377 g/mol. The summed E-state index contributed by atoms with van der Waals surface area (Å²) < 4.78 is 5.53. The maximum Gasteiger partial charge on any atom is 0.248 e. The molecule has 146 valence electrons. The molecule has 28 heavy (non-hydrogen) atoms. The molecule has 1 fully saturated rings. The topological polar surface area (TPSA) is 44.8 Å². The highest BCUT2D eigenvalue weighted by molar-refractivity contribution is 6.03. The first-order valence-electron chi connectivity index (χ1n) is 10.0. The normalized spacial score (nSPS) is 16.8. The Morgan fingerprint density at radius 2 is 1.96 bits per heavy atom. The van der Waals surface area contributed by atoms with Crippen LogP contribution in [-0.2, 0) is 11.2 Å². The largest absolute Gasteiger partial charge is 0.493 e. The lowest BCUT2D eigenvalue weighted by atomic mass is 10.1. The third-order valence-corrected chi connectivity index (χ3v) is 5.46. The molecule has 2 heterocycles. The summed E-state index contributed by atoms with van der Waals surface area (Å²) in [5.41, 5.74) is 4.18. The number of carbonyl (C=O) groups is 1. The second kappa shape index (κ2) is 8.48. The minimum Gasteiger partial charge on any atom is -0.493 e. The van der Waals surface area contributed by atoms with Gasteiger partial charge in [-0.2, -0.15) is 0 Å². The highest BCUT2D eigenvalue weighted by Crippen LogP contribution is 2.28. The van der Waals surface area contributed by atoms with Gasteiger partial charge in [0.25, 0.3) is 0 Å². The summed E-state index contributed by atoms with van der Waals surface area (Å²) in [6.07, 6.45) is 4.39. The van der Waals surface area contributed by atoms with Crippen LogP contribution in [0.5, 0.6) is 5.75 Å². The smallest absolute Gasteiger partial charge is 0.248 e. The summed E-state index contributed by atoms with van der Waals surface area (Å²) in [5.74, 6) is 0.843. The third-order valence-electron chi connectivity index (χ3n) is 5.46. The van der Waals surface area contributed by atoms with Gasteiger partial charge in [0.05, 0.1) is 18.0 Å². The summed E-state index contributed by atoms with van der Waals surface area (Å²) in [5, 5.41) is 3.05. The molecule has 0 aromatic heterocycles. The molecule has 0 spiro atoms. The Labute approximate surface area is 166 Å². The number of anilines is 2. The molecule has 2 aliphatic rings. The van der Waals surface area contributed by atoms with Crippen LogP contribution in [-0.4, -0.2) is 50.1 Å². The van der Waals surface area contributed by atoms with Gasteiger partial charge in [-0.25, -0.2) is 0 Å². The highest BCUT2D eigenvalue weighted by atomic mass is 16.5. The number of hydrogen-bond donors (Lipinski definition) is 1. The molecule has 0 saturated carbocycles. The van der Waals surface area contributed by atoms with E-state index in [2.05, 4.69) is 34.2 Å². The Kier molecular flexibility index (Phi) is 5.63. The van der Waals surface area contributed by atoms with E-state index in [1.807, 2.05) is 36.4 Å². The van der Waals surface area contributed by atoms with Crippen molar-refractivity contribution in [3.63, 3.8) is 0 Å². The zero-order chi connectivity index (χ0) is 19.3. The van der Waals surface area contributed by atoms with Crippen LogP contribution in [0.1, 0.15) is 18.1 Å². The molecule has 2 aromatic carbocycles. The molecule has 0 unspecified atom stereocenters. The van der Waals surface area contributed by atoms with Crippen molar-refractivity contribution in [3.05, 3.63) is 59.7 Å². The van der Waals surface area contributed by atoms with E-state index >= 15 is 0 Å². The molecule has 1 amide bonds. The first-order valence-corrected chi connectivity index (χ1v) is 10.0. The van der Waals surface area contributed by atoms with Gasteiger partial charge in [0.1, 0.15) is 5.75 Å². The fourth-order valence-corrected chi connectivity index (χ4v) is 3.82. The molecule has 5 nitrogen and oxygen atoms in total. The van der Waals surface area contributed by atoms with Gasteiger partial charge in [-0.3, -0.25) is 4.79 Å². The molecule has 2 aliphatic heterocycles. The van der Waals surface area contributed by atoms with E-state index in [9.17, 15) is 4.79 Å². The molecule has 1 saturated heterocycles. The van der Waals surface area contributed by atoms with Crippen LogP contribution >= 0.6 is 0 Å². The molecule has 0 radical (unpaired) electrons. The maximum atomic E-state index is 12.5. The first kappa shape index (κ1) is 18.6. The van der Waals surface area contributed by atoms with Gasteiger partial charge in [0.15, 0.2) is 0 Å². The van der Waals surface area contributed by atoms with Crippen LogP contribution in [0.3, 0.4) is 0 Å². The van der Waals surface area contributed by atoms with Gasteiger partial charge >= 0.3 is 0 Å². The van der Waals surface area contributed by atoms with Gasteiger partial charge in [0.2, 0.25) is 5.91 Å². The number of ether oxygens (including phenoxy) is 1. The number of rotatable bonds is 5. The van der Waals surface area contributed by atoms with Crippen molar-refractivity contribution in [2.45, 2.75) is 13.3 Å². The number of hydrogen-bond acceptors (Lipinski definition) is 4. The number of amides is 1. The van der Waals surface area contributed by atoms with Crippen molar-refractivity contribution in [3.8, 4) is 5.75 Å². The van der Waals surface area contributed by atoms with Crippen LogP contribution in [0.15, 0.2) is 48.5 Å². The Hall–Kier alpha value is -2.79. The second-order valence-corrected chi connectivity index (χ2v) is 7.23. The van der Waals surface area contributed by atoms with Gasteiger partial charge in [0, 0.05) is 38.7 Å². The fraction of sp³-hybridized carbons (Fsp3) is 0.348. The summed E-state index contributed by atoms with van der Waals surface area (Å²) in [4.78, 5) is 17.3. The molecule has 0 bridgehead atoms. The zero-order valence-corrected chi connectivity index (χ0v) is 16.4. The van der Waals surface area contributed by atoms with Gasteiger partial charge < -0.3 is 19.9 Å². The van der Waals surface area contributed by atoms with Crippen LogP contribution in [0, 0.1) is 0 Å². The van der Waals surface area contributed by atoms with Gasteiger partial charge in [-0.05, 0) is 48.0 Å². The average Bonchev–Trinajstić information content (AvgIpc) is 3.21.